The van der Waals surface area contributed by atoms with Crippen molar-refractivity contribution in [2.75, 3.05) is 13.2 Å². The molecule has 0 fully saturated rings. The van der Waals surface area contributed by atoms with Gasteiger partial charge in [0.2, 0.25) is 0 Å². The molecule has 4 rings (SSSR count). The number of esters is 1. The van der Waals surface area contributed by atoms with E-state index < -0.39 is 8.32 Å². The molecule has 5 nitrogen and oxygen atoms in total. The van der Waals surface area contributed by atoms with Gasteiger partial charge in [-0.2, -0.15) is 0 Å². The van der Waals surface area contributed by atoms with Crippen LogP contribution in [0.2, 0.25) is 5.04 Å². The summed E-state index contributed by atoms with van der Waals surface area (Å²) in [6.45, 7) is 8.17. The van der Waals surface area contributed by atoms with Gasteiger partial charge >= 0.3 is 5.97 Å². The first-order valence-electron chi connectivity index (χ1n) is 14.5. The molecule has 4 aromatic rings. The normalized spacial score (nSPS) is 11.6. The second-order valence-electron chi connectivity index (χ2n) is 11.3. The first kappa shape index (κ1) is 30.9. The van der Waals surface area contributed by atoms with Gasteiger partial charge < -0.3 is 13.9 Å². The molecule has 0 saturated heterocycles. The average molecular weight is 581 g/mol. The molecule has 0 saturated carbocycles. The average Bonchev–Trinajstić information content (AvgIpc) is 3.02. The number of hydrogen-bond donors (Lipinski definition) is 0. The lowest BCUT2D eigenvalue weighted by molar-refractivity contribution is 0.0496. The van der Waals surface area contributed by atoms with Crippen molar-refractivity contribution >= 4 is 30.9 Å². The molecule has 0 aliphatic carbocycles. The van der Waals surface area contributed by atoms with Crippen LogP contribution in [0.15, 0.2) is 109 Å². The summed E-state index contributed by atoms with van der Waals surface area (Å²) in [6.07, 6.45) is 3.35. The van der Waals surface area contributed by atoms with E-state index >= 15 is 0 Å². The second kappa shape index (κ2) is 14.8. The maximum absolute atomic E-state index is 12.6. The van der Waals surface area contributed by atoms with Crippen LogP contribution in [0.25, 0.3) is 0 Å². The van der Waals surface area contributed by atoms with E-state index in [1.807, 2.05) is 18.2 Å². The molecule has 0 aromatic heterocycles. The summed E-state index contributed by atoms with van der Waals surface area (Å²) in [5, 5.41) is 2.51. The van der Waals surface area contributed by atoms with Crippen LogP contribution < -0.4 is 15.1 Å². The largest absolute Gasteiger partial charge is 0.488 e. The molecule has 0 atom stereocenters. The lowest BCUT2D eigenvalue weighted by Gasteiger charge is -2.43. The first-order chi connectivity index (χ1) is 20.3. The number of hydrogen-bond acceptors (Lipinski definition) is 5. The lowest BCUT2D eigenvalue weighted by Crippen LogP contribution is -2.66. The van der Waals surface area contributed by atoms with Crippen molar-refractivity contribution in [3.05, 3.63) is 126 Å². The summed E-state index contributed by atoms with van der Waals surface area (Å²) in [7, 11) is -2.52. The molecule has 42 heavy (non-hydrogen) atoms. The Morgan fingerprint density at radius 3 is 1.88 bits per heavy atom. The molecular weight excluding hydrogens is 540 g/mol. The topological polar surface area (TPSA) is 61.8 Å². The number of ether oxygens (including phenoxy) is 2. The van der Waals surface area contributed by atoms with Gasteiger partial charge in [0.05, 0.1) is 17.7 Å². The smallest absolute Gasteiger partial charge is 0.338 e. The Morgan fingerprint density at radius 1 is 0.714 bits per heavy atom. The number of benzene rings is 4. The Balaban J connectivity index is 1.24. The predicted octanol–water partition coefficient (Wildman–Crippen LogP) is 6.98. The van der Waals surface area contributed by atoms with E-state index in [1.54, 1.807) is 30.3 Å². The highest BCUT2D eigenvalue weighted by Gasteiger charge is 2.49. The van der Waals surface area contributed by atoms with Crippen LogP contribution in [0.1, 0.15) is 66.3 Å². The molecule has 0 spiro atoms. The molecule has 0 aliphatic rings. The SMILES string of the molecule is CC(C)(C)[Si](OCCCCCOC(=O)c1ccc(COc2ccccc2C=O)cc1)(c1ccccc1)c1ccccc1. The van der Waals surface area contributed by atoms with Crippen LogP contribution >= 0.6 is 0 Å². The standard InChI is InChI=1S/C36H40O5Si/c1-36(2,3)42(32-16-7-4-8-17-32,33-18-9-5-10-19-33)41-26-14-6-13-25-39-35(38)30-23-21-29(22-24-30)28-40-34-20-12-11-15-31(34)27-37/h4-5,7-12,15-24,27H,6,13-14,25-26,28H2,1-3H3. The molecule has 0 aliphatic heterocycles. The monoisotopic (exact) mass is 580 g/mol. The maximum Gasteiger partial charge on any atom is 0.338 e. The van der Waals surface area contributed by atoms with Crippen LogP contribution in [0.3, 0.4) is 0 Å². The van der Waals surface area contributed by atoms with Crippen molar-refractivity contribution in [3.8, 4) is 5.75 Å². The molecule has 6 heteroatoms. The van der Waals surface area contributed by atoms with Gasteiger partial charge in [-0.1, -0.05) is 106 Å². The fourth-order valence-corrected chi connectivity index (χ4v) is 9.83. The van der Waals surface area contributed by atoms with Gasteiger partial charge in [0.1, 0.15) is 12.4 Å². The van der Waals surface area contributed by atoms with Crippen LogP contribution in [-0.2, 0) is 15.8 Å². The van der Waals surface area contributed by atoms with E-state index in [4.69, 9.17) is 13.9 Å². The minimum Gasteiger partial charge on any atom is -0.488 e. The van der Waals surface area contributed by atoms with Crippen molar-refractivity contribution < 1.29 is 23.5 Å². The van der Waals surface area contributed by atoms with Crippen LogP contribution in [0.5, 0.6) is 5.75 Å². The van der Waals surface area contributed by atoms with Crippen LogP contribution in [0.4, 0.5) is 0 Å². The zero-order chi connectivity index (χ0) is 29.8. The van der Waals surface area contributed by atoms with Gasteiger partial charge in [-0.25, -0.2) is 4.79 Å². The lowest BCUT2D eigenvalue weighted by atomic mass is 10.1. The third kappa shape index (κ3) is 7.63. The summed E-state index contributed by atoms with van der Waals surface area (Å²) in [5.41, 5.74) is 1.91. The second-order valence-corrected chi connectivity index (χ2v) is 15.7. The van der Waals surface area contributed by atoms with Crippen molar-refractivity contribution in [3.63, 3.8) is 0 Å². The molecule has 0 heterocycles. The fraction of sp³-hybridized carbons (Fsp3) is 0.278. The van der Waals surface area contributed by atoms with Crippen molar-refractivity contribution in [2.45, 2.75) is 51.7 Å². The van der Waals surface area contributed by atoms with Gasteiger partial charge in [-0.15, -0.1) is 0 Å². The Bertz CT molecular complexity index is 1370. The highest BCUT2D eigenvalue weighted by Crippen LogP contribution is 2.36. The summed E-state index contributed by atoms with van der Waals surface area (Å²) in [4.78, 5) is 23.7. The first-order valence-corrected chi connectivity index (χ1v) is 16.4. The Labute approximate surface area is 250 Å². The van der Waals surface area contributed by atoms with E-state index in [-0.39, 0.29) is 11.0 Å². The molecule has 218 valence electrons. The number of carbonyl (C=O) groups excluding carboxylic acids is 2. The van der Waals surface area contributed by atoms with Gasteiger partial charge in [0, 0.05) is 6.61 Å². The molecule has 0 N–H and O–H groups in total. The zero-order valence-electron chi connectivity index (χ0n) is 24.8. The van der Waals surface area contributed by atoms with Crippen molar-refractivity contribution in [1.82, 2.24) is 0 Å². The Hall–Kier alpha value is -4.00. The summed E-state index contributed by atoms with van der Waals surface area (Å²) >= 11 is 0. The molecule has 0 radical (unpaired) electrons. The van der Waals surface area contributed by atoms with Crippen molar-refractivity contribution in [2.24, 2.45) is 0 Å². The number of para-hydroxylation sites is 1. The third-order valence-electron chi connectivity index (χ3n) is 7.39. The minimum atomic E-state index is -2.52. The minimum absolute atomic E-state index is 0.0487. The summed E-state index contributed by atoms with van der Waals surface area (Å²) < 4.78 is 18.2. The van der Waals surface area contributed by atoms with E-state index in [0.29, 0.717) is 36.7 Å². The molecule has 0 bridgehead atoms. The molecule has 0 unspecified atom stereocenters. The number of aldehydes is 1. The highest BCUT2D eigenvalue weighted by atomic mass is 28.4. The third-order valence-corrected chi connectivity index (χ3v) is 12.4. The quantitative estimate of drug-likeness (QED) is 0.0697. The molecule has 0 amide bonds. The maximum atomic E-state index is 12.6. The predicted molar refractivity (Wildman–Crippen MR) is 170 cm³/mol. The van der Waals surface area contributed by atoms with E-state index in [1.165, 1.54) is 10.4 Å². The number of unbranched alkanes of at least 4 members (excludes halogenated alkanes) is 2. The van der Waals surface area contributed by atoms with E-state index in [2.05, 4.69) is 81.4 Å². The van der Waals surface area contributed by atoms with Crippen LogP contribution in [0, 0.1) is 0 Å². The van der Waals surface area contributed by atoms with Crippen LogP contribution in [-0.4, -0.2) is 33.8 Å². The van der Waals surface area contributed by atoms with Gasteiger partial charge in [-0.3, -0.25) is 4.79 Å². The number of rotatable bonds is 14. The Morgan fingerprint density at radius 2 is 1.29 bits per heavy atom. The zero-order valence-corrected chi connectivity index (χ0v) is 25.8. The van der Waals surface area contributed by atoms with E-state index in [9.17, 15) is 9.59 Å². The Kier molecular flexibility index (Phi) is 10.9. The summed E-state index contributed by atoms with van der Waals surface area (Å²) in [5.74, 6) is 0.199. The fourth-order valence-electron chi connectivity index (χ4n) is 5.22. The van der Waals surface area contributed by atoms with Gasteiger partial charge in [0.25, 0.3) is 8.32 Å². The van der Waals surface area contributed by atoms with E-state index in [0.717, 1.165) is 31.1 Å². The van der Waals surface area contributed by atoms with Gasteiger partial charge in [0.15, 0.2) is 6.29 Å². The molecule has 4 aromatic carbocycles. The number of carbonyl (C=O) groups is 2. The van der Waals surface area contributed by atoms with Gasteiger partial charge in [-0.05, 0) is 64.5 Å². The van der Waals surface area contributed by atoms with Crippen molar-refractivity contribution in [1.29, 1.82) is 0 Å². The summed E-state index contributed by atoms with van der Waals surface area (Å²) in [6, 6.07) is 35.6. The highest BCUT2D eigenvalue weighted by molar-refractivity contribution is 6.99. The molecular formula is C36H40O5Si.